The molecule has 0 aromatic heterocycles. The van der Waals surface area contributed by atoms with Crippen molar-refractivity contribution in [1.29, 1.82) is 0 Å². The Labute approximate surface area is 142 Å². The lowest BCUT2D eigenvalue weighted by Crippen LogP contribution is -1.92. The zero-order valence-corrected chi connectivity index (χ0v) is 16.2. The zero-order chi connectivity index (χ0) is 12.8. The average Bonchev–Trinajstić information content (AvgIpc) is 3.03. The molecular formula is C10H14S8. The predicted octanol–water partition coefficient (Wildman–Crippen LogP) is 6.24. The number of thiol groups is 2. The molecule has 0 atom stereocenters. The van der Waals surface area contributed by atoms with Gasteiger partial charge >= 0.3 is 0 Å². The van der Waals surface area contributed by atoms with Crippen LogP contribution in [-0.2, 0) is 0 Å². The molecule has 8 heteroatoms. The van der Waals surface area contributed by atoms with Crippen molar-refractivity contribution in [2.75, 3.05) is 23.0 Å². The van der Waals surface area contributed by atoms with Gasteiger partial charge in [-0.05, 0) is 21.6 Å². The van der Waals surface area contributed by atoms with Gasteiger partial charge in [-0.3, -0.25) is 0 Å². The Morgan fingerprint density at radius 2 is 1.56 bits per heavy atom. The Bertz CT molecular complexity index is 354. The number of hydrogen-bond donors (Lipinski definition) is 2. The number of rotatable bonds is 6. The maximum absolute atomic E-state index is 4.36. The summed E-state index contributed by atoms with van der Waals surface area (Å²) in [6.45, 7) is 0. The second-order valence-corrected chi connectivity index (χ2v) is 15.5. The van der Waals surface area contributed by atoms with E-state index in [1.807, 2.05) is 35.3 Å². The fraction of sp³-hybridized carbons (Fsp3) is 0.400. The molecule has 0 aromatic carbocycles. The summed E-state index contributed by atoms with van der Waals surface area (Å²) in [5, 5.41) is 9.07. The van der Waals surface area contributed by atoms with Gasteiger partial charge in [-0.15, -0.1) is 0 Å². The largest absolute Gasteiger partial charge is 0.178 e. The summed E-state index contributed by atoms with van der Waals surface area (Å²) in [6, 6.07) is 0. The molecule has 2 aliphatic heterocycles. The van der Waals surface area contributed by atoms with Gasteiger partial charge in [0.05, 0.1) is 8.47 Å². The standard InChI is InChI=1S/C10H14S8/c11-1-3-16-18(17-4-2-12)8-7-15-10(18)9-13-5-6-14-9/h5-8,11-12H,1-4H2. The lowest BCUT2D eigenvalue weighted by Gasteiger charge is -2.33. The van der Waals surface area contributed by atoms with E-state index in [4.69, 9.17) is 0 Å². The van der Waals surface area contributed by atoms with Crippen LogP contribution in [0.15, 0.2) is 30.1 Å². The van der Waals surface area contributed by atoms with E-state index in [9.17, 15) is 0 Å². The van der Waals surface area contributed by atoms with Crippen LogP contribution >= 0.6 is 90.2 Å². The summed E-state index contributed by atoms with van der Waals surface area (Å²) in [7, 11) is 3.27. The highest BCUT2D eigenvalue weighted by Gasteiger charge is 2.34. The molecule has 2 aliphatic rings. The van der Waals surface area contributed by atoms with Gasteiger partial charge in [0.25, 0.3) is 0 Å². The van der Waals surface area contributed by atoms with Crippen LogP contribution in [0.25, 0.3) is 0 Å². The van der Waals surface area contributed by atoms with Crippen LogP contribution in [0.1, 0.15) is 0 Å². The first-order chi connectivity index (χ1) is 8.82. The summed E-state index contributed by atoms with van der Waals surface area (Å²) in [5.41, 5.74) is 0. The van der Waals surface area contributed by atoms with Crippen LogP contribution < -0.4 is 0 Å². The SMILES string of the molecule is SCCSS1(SCCS)C=CSC1=C1SC=CS1. The molecule has 0 amide bonds. The Hall–Kier alpha value is 2.02. The molecule has 0 aromatic rings. The minimum absolute atomic E-state index is 0.894. The lowest BCUT2D eigenvalue weighted by atomic mass is 11.0. The van der Waals surface area contributed by atoms with E-state index in [-0.39, 0.29) is 0 Å². The lowest BCUT2D eigenvalue weighted by molar-refractivity contribution is 1.58. The normalized spacial score (nSPS) is 23.0. The first kappa shape index (κ1) is 16.4. The summed E-state index contributed by atoms with van der Waals surface area (Å²) < 4.78 is 3.04. The number of thioether (sulfide) groups is 3. The Morgan fingerprint density at radius 1 is 0.944 bits per heavy atom. The molecule has 0 N–H and O–H groups in total. The summed E-state index contributed by atoms with van der Waals surface area (Å²) >= 11 is 14.4. The van der Waals surface area contributed by atoms with Crippen molar-refractivity contribution in [3.8, 4) is 0 Å². The second kappa shape index (κ2) is 8.46. The van der Waals surface area contributed by atoms with Crippen LogP contribution in [0.3, 0.4) is 0 Å². The van der Waals surface area contributed by atoms with E-state index in [0.717, 1.165) is 23.0 Å². The summed E-state index contributed by atoms with van der Waals surface area (Å²) in [4.78, 5) is 0. The van der Waals surface area contributed by atoms with Gasteiger partial charge in [0, 0.05) is 23.0 Å². The average molecular weight is 391 g/mol. The molecule has 0 bridgehead atoms. The van der Waals surface area contributed by atoms with E-state index in [2.05, 4.69) is 68.5 Å². The van der Waals surface area contributed by atoms with E-state index < -0.39 is 8.09 Å². The summed E-state index contributed by atoms with van der Waals surface area (Å²) in [5.74, 6) is 4.12. The van der Waals surface area contributed by atoms with Gasteiger partial charge in [-0.1, -0.05) is 65.0 Å². The second-order valence-electron chi connectivity index (χ2n) is 3.11. The third kappa shape index (κ3) is 4.02. The van der Waals surface area contributed by atoms with Crippen LogP contribution in [0.4, 0.5) is 0 Å². The number of hydrogen-bond acceptors (Lipinski definition) is 7. The van der Waals surface area contributed by atoms with E-state index >= 15 is 0 Å². The highest BCUT2D eigenvalue weighted by Crippen LogP contribution is 2.83. The Balaban J connectivity index is 2.19. The van der Waals surface area contributed by atoms with Gasteiger partial charge in [-0.25, -0.2) is 0 Å². The minimum Gasteiger partial charge on any atom is -0.178 e. The highest BCUT2D eigenvalue weighted by molar-refractivity contribution is 9.28. The Kier molecular flexibility index (Phi) is 7.70. The maximum Gasteiger partial charge on any atom is 0.0696 e. The molecule has 0 spiro atoms. The topological polar surface area (TPSA) is 0 Å². The predicted molar refractivity (Wildman–Crippen MR) is 108 cm³/mol. The molecule has 0 saturated carbocycles. The van der Waals surface area contributed by atoms with Gasteiger partial charge in [0.15, 0.2) is 0 Å². The monoisotopic (exact) mass is 390 g/mol. The fourth-order valence-electron chi connectivity index (χ4n) is 1.30. The summed E-state index contributed by atoms with van der Waals surface area (Å²) in [6.07, 6.45) is 0. The van der Waals surface area contributed by atoms with E-state index in [0.29, 0.717) is 0 Å². The van der Waals surface area contributed by atoms with Crippen LogP contribution in [-0.4, -0.2) is 23.0 Å². The highest BCUT2D eigenvalue weighted by atomic mass is 33.6. The van der Waals surface area contributed by atoms with Gasteiger partial charge in [0.2, 0.25) is 0 Å². The minimum atomic E-state index is -0.894. The van der Waals surface area contributed by atoms with Crippen LogP contribution in [0, 0.1) is 0 Å². The maximum atomic E-state index is 4.36. The van der Waals surface area contributed by atoms with Gasteiger partial charge in [-0.2, -0.15) is 25.3 Å². The molecule has 0 saturated heterocycles. The van der Waals surface area contributed by atoms with E-state index in [1.165, 1.54) is 4.24 Å². The van der Waals surface area contributed by atoms with Crippen molar-refractivity contribution in [1.82, 2.24) is 0 Å². The van der Waals surface area contributed by atoms with Gasteiger partial charge < -0.3 is 0 Å². The first-order valence-electron chi connectivity index (χ1n) is 5.22. The molecule has 2 rings (SSSR count). The molecular weight excluding hydrogens is 377 g/mol. The fourth-order valence-corrected chi connectivity index (χ4v) is 17.7. The molecule has 0 fully saturated rings. The zero-order valence-electron chi connectivity index (χ0n) is 9.48. The van der Waals surface area contributed by atoms with Crippen LogP contribution in [0.5, 0.6) is 0 Å². The molecule has 2 heterocycles. The molecule has 0 nitrogen and oxygen atoms in total. The molecule has 18 heavy (non-hydrogen) atoms. The Morgan fingerprint density at radius 3 is 2.11 bits per heavy atom. The van der Waals surface area contributed by atoms with Crippen molar-refractivity contribution in [3.63, 3.8) is 0 Å². The third-order valence-corrected chi connectivity index (χ3v) is 17.4. The quantitative estimate of drug-likeness (QED) is 0.405. The first-order valence-corrected chi connectivity index (χ1v) is 13.8. The van der Waals surface area contributed by atoms with Crippen molar-refractivity contribution >= 4 is 90.2 Å². The van der Waals surface area contributed by atoms with Crippen molar-refractivity contribution in [2.45, 2.75) is 0 Å². The van der Waals surface area contributed by atoms with Crippen molar-refractivity contribution < 1.29 is 0 Å². The van der Waals surface area contributed by atoms with Gasteiger partial charge in [0.1, 0.15) is 0 Å². The van der Waals surface area contributed by atoms with Crippen molar-refractivity contribution in [2.24, 2.45) is 0 Å². The molecule has 0 unspecified atom stereocenters. The molecule has 102 valence electrons. The van der Waals surface area contributed by atoms with E-state index in [1.54, 1.807) is 4.24 Å². The molecule has 0 aliphatic carbocycles. The smallest absolute Gasteiger partial charge is 0.0696 e. The van der Waals surface area contributed by atoms with Crippen molar-refractivity contribution in [3.05, 3.63) is 30.1 Å². The van der Waals surface area contributed by atoms with Crippen LogP contribution in [0.2, 0.25) is 0 Å². The molecule has 0 radical (unpaired) electrons. The third-order valence-electron chi connectivity index (χ3n) is 1.94.